The van der Waals surface area contributed by atoms with E-state index in [1.54, 1.807) is 6.07 Å². The molecule has 9 heteroatoms. The van der Waals surface area contributed by atoms with Gasteiger partial charge in [-0.05, 0) is 11.6 Å². The van der Waals surface area contributed by atoms with Gasteiger partial charge in [0.1, 0.15) is 24.1 Å². The number of benzene rings is 1. The molecule has 0 aliphatic heterocycles. The molecule has 0 saturated heterocycles. The van der Waals surface area contributed by atoms with Gasteiger partial charge < -0.3 is 36.0 Å². The van der Waals surface area contributed by atoms with Gasteiger partial charge in [-0.1, -0.05) is 18.2 Å². The van der Waals surface area contributed by atoms with Crippen LogP contribution in [0.3, 0.4) is 0 Å². The smallest absolute Gasteiger partial charge is 0.308 e. The molecule has 4 atom stereocenters. The predicted octanol–water partition coefficient (Wildman–Crippen LogP) is -2.55. The molecule has 0 radical (unpaired) electrons. The van der Waals surface area contributed by atoms with Crippen molar-refractivity contribution in [3.63, 3.8) is 0 Å². The van der Waals surface area contributed by atoms with Crippen LogP contribution in [-0.4, -0.2) is 67.9 Å². The average Bonchev–Trinajstić information content (AvgIpc) is 2.53. The third-order valence-electron chi connectivity index (χ3n) is 3.51. The number of aliphatic hydroxyl groups is 5. The van der Waals surface area contributed by atoms with E-state index in [9.17, 15) is 30.0 Å². The molecule has 1 aromatic carbocycles. The summed E-state index contributed by atoms with van der Waals surface area (Å²) in [5.41, 5.74) is 2.63. The molecule has 0 saturated carbocycles. The molecule has 1 amide bonds. The number of hydrogen-bond acceptors (Lipinski definition) is 8. The lowest BCUT2D eigenvalue weighted by Gasteiger charge is -2.34. The highest BCUT2D eigenvalue weighted by Crippen LogP contribution is 2.27. The Labute approximate surface area is 137 Å². The third kappa shape index (κ3) is 4.49. The first-order valence-electron chi connectivity index (χ1n) is 7.07. The van der Waals surface area contributed by atoms with Gasteiger partial charge >= 0.3 is 5.97 Å². The van der Waals surface area contributed by atoms with E-state index in [2.05, 4.69) is 0 Å². The number of hydrogen-bond donors (Lipinski definition) is 6. The Morgan fingerprint density at radius 3 is 2.33 bits per heavy atom. The van der Waals surface area contributed by atoms with Crippen LogP contribution in [0.2, 0.25) is 0 Å². The zero-order chi connectivity index (χ0) is 18.5. The molecule has 0 bridgehead atoms. The van der Waals surface area contributed by atoms with Crippen molar-refractivity contribution < 1.29 is 39.9 Å². The summed E-state index contributed by atoms with van der Waals surface area (Å²) in [6.07, 6.45) is -6.62. The maximum absolute atomic E-state index is 11.7. The summed E-state index contributed by atoms with van der Waals surface area (Å²) >= 11 is 0. The van der Waals surface area contributed by atoms with Crippen LogP contribution in [0, 0.1) is 0 Å². The fourth-order valence-corrected chi connectivity index (χ4v) is 2.13. The van der Waals surface area contributed by atoms with Gasteiger partial charge in [0.25, 0.3) is 5.91 Å². The summed E-state index contributed by atoms with van der Waals surface area (Å²) < 4.78 is 4.94. The number of esters is 1. The Bertz CT molecular complexity index is 593. The van der Waals surface area contributed by atoms with Crippen molar-refractivity contribution in [1.82, 2.24) is 0 Å². The zero-order valence-electron chi connectivity index (χ0n) is 13.0. The van der Waals surface area contributed by atoms with E-state index in [4.69, 9.17) is 15.6 Å². The maximum Gasteiger partial charge on any atom is 0.308 e. The summed E-state index contributed by atoms with van der Waals surface area (Å²) in [4.78, 5) is 22.8. The normalized spacial score (nSPS) is 17.4. The minimum Gasteiger partial charge on any atom is -0.426 e. The Balaban J connectivity index is 3.18. The second-order valence-corrected chi connectivity index (χ2v) is 5.35. The molecule has 0 aliphatic rings. The van der Waals surface area contributed by atoms with Crippen LogP contribution in [0.4, 0.5) is 0 Å². The molecule has 0 heterocycles. The third-order valence-corrected chi connectivity index (χ3v) is 3.51. The predicted molar refractivity (Wildman–Crippen MR) is 80.7 cm³/mol. The first kappa shape index (κ1) is 20.0. The first-order chi connectivity index (χ1) is 11.1. The van der Waals surface area contributed by atoms with Gasteiger partial charge in [-0.25, -0.2) is 0 Å². The number of carbonyl (C=O) groups excluding carboxylic acids is 2. The number of primary amides is 1. The standard InChI is InChI=1S/C15H21NO8/c1-8(18)24-11-5-3-2-4-9(11)6-15(23,14(16)22)13(21)12(20)10(19)7-17/h2-5,10,12-13,17,19-21,23H,6-7H2,1H3,(H2,16,22). The van der Waals surface area contributed by atoms with Crippen LogP contribution in [-0.2, 0) is 16.0 Å². The number of ether oxygens (including phenoxy) is 1. The molecule has 0 fully saturated rings. The van der Waals surface area contributed by atoms with E-state index in [0.717, 1.165) is 6.92 Å². The molecule has 0 aromatic heterocycles. The number of rotatable bonds is 8. The molecule has 7 N–H and O–H groups in total. The molecule has 24 heavy (non-hydrogen) atoms. The highest BCUT2D eigenvalue weighted by Gasteiger charge is 2.47. The number of nitrogens with two attached hydrogens (primary N) is 1. The van der Waals surface area contributed by atoms with Crippen LogP contribution in [0.1, 0.15) is 12.5 Å². The Hall–Kier alpha value is -2.04. The first-order valence-corrected chi connectivity index (χ1v) is 7.07. The fourth-order valence-electron chi connectivity index (χ4n) is 2.13. The van der Waals surface area contributed by atoms with E-state index in [-0.39, 0.29) is 11.3 Å². The second kappa shape index (κ2) is 8.18. The largest absolute Gasteiger partial charge is 0.426 e. The van der Waals surface area contributed by atoms with Crippen molar-refractivity contribution in [2.45, 2.75) is 37.3 Å². The van der Waals surface area contributed by atoms with E-state index in [1.807, 2.05) is 0 Å². The van der Waals surface area contributed by atoms with Crippen molar-refractivity contribution in [2.24, 2.45) is 5.73 Å². The number of carbonyl (C=O) groups is 2. The fraction of sp³-hybridized carbons (Fsp3) is 0.467. The van der Waals surface area contributed by atoms with Crippen molar-refractivity contribution >= 4 is 11.9 Å². The van der Waals surface area contributed by atoms with E-state index < -0.39 is 48.8 Å². The summed E-state index contributed by atoms with van der Waals surface area (Å²) in [7, 11) is 0. The van der Waals surface area contributed by atoms with Gasteiger partial charge in [0.15, 0.2) is 5.60 Å². The summed E-state index contributed by atoms with van der Waals surface area (Å²) in [5, 5.41) is 48.5. The Morgan fingerprint density at radius 2 is 1.83 bits per heavy atom. The minimum atomic E-state index is -2.67. The van der Waals surface area contributed by atoms with Crippen molar-refractivity contribution in [3.05, 3.63) is 29.8 Å². The topological polar surface area (TPSA) is 171 Å². The summed E-state index contributed by atoms with van der Waals surface area (Å²) in [5.74, 6) is -1.97. The van der Waals surface area contributed by atoms with Gasteiger partial charge in [0.2, 0.25) is 0 Å². The Kier molecular flexibility index (Phi) is 6.81. The van der Waals surface area contributed by atoms with Crippen LogP contribution < -0.4 is 10.5 Å². The number of amides is 1. The van der Waals surface area contributed by atoms with Gasteiger partial charge in [0.05, 0.1) is 6.61 Å². The highest BCUT2D eigenvalue weighted by molar-refractivity contribution is 5.84. The quantitative estimate of drug-likeness (QED) is 0.221. The molecular weight excluding hydrogens is 322 g/mol. The summed E-state index contributed by atoms with van der Waals surface area (Å²) in [6.45, 7) is 0.254. The molecule has 134 valence electrons. The number of aliphatic hydroxyl groups excluding tert-OH is 4. The van der Waals surface area contributed by atoms with E-state index >= 15 is 0 Å². The lowest BCUT2D eigenvalue weighted by Crippen LogP contribution is -2.61. The molecule has 9 nitrogen and oxygen atoms in total. The molecule has 0 aliphatic carbocycles. The van der Waals surface area contributed by atoms with Gasteiger partial charge in [0, 0.05) is 13.3 Å². The minimum absolute atomic E-state index is 0.0362. The van der Waals surface area contributed by atoms with Crippen LogP contribution in [0.25, 0.3) is 0 Å². The van der Waals surface area contributed by atoms with Crippen LogP contribution in [0.5, 0.6) is 5.75 Å². The average molecular weight is 343 g/mol. The van der Waals surface area contributed by atoms with Gasteiger partial charge in [-0.2, -0.15) is 0 Å². The van der Waals surface area contributed by atoms with Crippen molar-refractivity contribution in [3.8, 4) is 5.75 Å². The van der Waals surface area contributed by atoms with E-state index in [1.165, 1.54) is 18.2 Å². The SMILES string of the molecule is CC(=O)Oc1ccccc1CC(O)(C(N)=O)C(O)C(O)C(O)CO. The van der Waals surface area contributed by atoms with Crippen molar-refractivity contribution in [1.29, 1.82) is 0 Å². The lowest BCUT2D eigenvalue weighted by atomic mass is 9.84. The molecular formula is C15H21NO8. The molecule has 4 unspecified atom stereocenters. The van der Waals surface area contributed by atoms with Crippen LogP contribution in [0.15, 0.2) is 24.3 Å². The molecule has 0 spiro atoms. The van der Waals surface area contributed by atoms with Gasteiger partial charge in [-0.15, -0.1) is 0 Å². The highest BCUT2D eigenvalue weighted by atomic mass is 16.5. The zero-order valence-corrected chi connectivity index (χ0v) is 13.0. The number of para-hydroxylation sites is 1. The molecule has 1 aromatic rings. The van der Waals surface area contributed by atoms with E-state index in [0.29, 0.717) is 0 Å². The monoisotopic (exact) mass is 343 g/mol. The van der Waals surface area contributed by atoms with Crippen molar-refractivity contribution in [2.75, 3.05) is 6.61 Å². The van der Waals surface area contributed by atoms with Crippen LogP contribution >= 0.6 is 0 Å². The second-order valence-electron chi connectivity index (χ2n) is 5.35. The Morgan fingerprint density at radius 1 is 1.25 bits per heavy atom. The maximum atomic E-state index is 11.7. The van der Waals surface area contributed by atoms with Gasteiger partial charge in [-0.3, -0.25) is 9.59 Å². The molecule has 1 rings (SSSR count). The summed E-state index contributed by atoms with van der Waals surface area (Å²) in [6, 6.07) is 5.91. The lowest BCUT2D eigenvalue weighted by molar-refractivity contribution is -0.173.